The fourth-order valence-corrected chi connectivity index (χ4v) is 7.58. The van der Waals surface area contributed by atoms with E-state index in [2.05, 4.69) is 47.0 Å². The summed E-state index contributed by atoms with van der Waals surface area (Å²) in [5.74, 6) is 0.649. The predicted octanol–water partition coefficient (Wildman–Crippen LogP) is 8.47. The van der Waals surface area contributed by atoms with Gasteiger partial charge < -0.3 is 33.0 Å². The van der Waals surface area contributed by atoms with Crippen LogP contribution in [0.5, 0.6) is 17.2 Å². The minimum atomic E-state index is -2.04. The van der Waals surface area contributed by atoms with Crippen LogP contribution in [0, 0.1) is 11.8 Å². The molecule has 2 aliphatic rings. The first kappa shape index (κ1) is 41.6. The Labute approximate surface area is 303 Å². The molecular formula is C40H65NO8Si. The number of esters is 1. The van der Waals surface area contributed by atoms with Crippen LogP contribution in [0.25, 0.3) is 0 Å². The molecule has 1 amide bonds. The molecule has 1 heterocycles. The molecule has 5 atom stereocenters. The molecule has 1 aliphatic carbocycles. The third kappa shape index (κ3) is 10.8. The summed E-state index contributed by atoms with van der Waals surface area (Å²) < 4.78 is 36.6. The summed E-state index contributed by atoms with van der Waals surface area (Å²) >= 11 is 0. The van der Waals surface area contributed by atoms with Gasteiger partial charge in [0.05, 0.1) is 33.4 Å². The fraction of sp³-hybridized carbons (Fsp3) is 0.700. The summed E-state index contributed by atoms with van der Waals surface area (Å²) in [5.41, 5.74) is 0.793. The maximum absolute atomic E-state index is 14.8. The van der Waals surface area contributed by atoms with Gasteiger partial charge >= 0.3 is 5.97 Å². The van der Waals surface area contributed by atoms with Crippen LogP contribution in [0.3, 0.4) is 0 Å². The molecule has 50 heavy (non-hydrogen) atoms. The van der Waals surface area contributed by atoms with E-state index in [9.17, 15) is 9.59 Å². The van der Waals surface area contributed by atoms with Gasteiger partial charge in [-0.15, -0.1) is 13.2 Å². The van der Waals surface area contributed by atoms with Crippen LogP contribution in [-0.4, -0.2) is 83.9 Å². The van der Waals surface area contributed by atoms with E-state index >= 15 is 0 Å². The second kappa shape index (κ2) is 19.1. The molecule has 2 fully saturated rings. The van der Waals surface area contributed by atoms with E-state index < -0.39 is 20.3 Å². The summed E-state index contributed by atoms with van der Waals surface area (Å²) in [6.45, 7) is 24.0. The summed E-state index contributed by atoms with van der Waals surface area (Å²) in [6, 6.07) is 3.20. The van der Waals surface area contributed by atoms with Gasteiger partial charge in [-0.3, -0.25) is 4.79 Å². The molecule has 1 aromatic carbocycles. The van der Waals surface area contributed by atoms with Crippen molar-refractivity contribution in [2.75, 3.05) is 40.6 Å². The van der Waals surface area contributed by atoms with Crippen LogP contribution in [0.4, 0.5) is 0 Å². The van der Waals surface area contributed by atoms with E-state index in [-0.39, 0.29) is 47.6 Å². The van der Waals surface area contributed by atoms with Crippen molar-refractivity contribution >= 4 is 20.2 Å². The summed E-state index contributed by atoms with van der Waals surface area (Å²) in [4.78, 5) is 30.2. The van der Waals surface area contributed by atoms with Crippen molar-refractivity contribution in [3.63, 3.8) is 0 Å². The highest BCUT2D eigenvalue weighted by Gasteiger charge is 2.42. The van der Waals surface area contributed by atoms with Gasteiger partial charge in [-0.05, 0) is 80.8 Å². The molecule has 0 aromatic heterocycles. The SMILES string of the molecule is C=CCO[C@H](COc1cc([C@@H](C(=O)N2CCCC[C@H]2C(=O)O[C@H](C)[C@H](C)C=C)C2CCCCC2)cc(OC)c1OC)CO[Si](C)(C)C(C)(C)C. The number of methoxy groups -OCH3 is 2. The quantitative estimate of drug-likeness (QED) is 0.0850. The van der Waals surface area contributed by atoms with Crippen LogP contribution in [0.2, 0.25) is 18.1 Å². The van der Waals surface area contributed by atoms with E-state index in [0.29, 0.717) is 43.4 Å². The Bertz CT molecular complexity index is 1270. The van der Waals surface area contributed by atoms with E-state index in [1.54, 1.807) is 31.3 Å². The number of ether oxygens (including phenoxy) is 5. The Morgan fingerprint density at radius 2 is 1.62 bits per heavy atom. The smallest absolute Gasteiger partial charge is 0.329 e. The Kier molecular flexibility index (Phi) is 15.9. The highest BCUT2D eigenvalue weighted by molar-refractivity contribution is 6.74. The number of carbonyl (C=O) groups is 2. The lowest BCUT2D eigenvalue weighted by molar-refractivity contribution is -0.163. The lowest BCUT2D eigenvalue weighted by Gasteiger charge is -2.40. The number of nitrogens with zero attached hydrogens (tertiary/aromatic N) is 1. The van der Waals surface area contributed by atoms with E-state index in [4.69, 9.17) is 28.1 Å². The average Bonchev–Trinajstić information content (AvgIpc) is 3.10. The minimum Gasteiger partial charge on any atom is -0.493 e. The van der Waals surface area contributed by atoms with Gasteiger partial charge in [0.1, 0.15) is 24.9 Å². The Hall–Kier alpha value is -2.82. The number of rotatable bonds is 18. The van der Waals surface area contributed by atoms with Crippen molar-refractivity contribution in [1.82, 2.24) is 4.90 Å². The molecule has 1 saturated heterocycles. The van der Waals surface area contributed by atoms with E-state index in [1.165, 1.54) is 0 Å². The molecule has 0 radical (unpaired) electrons. The molecule has 1 aromatic rings. The normalized spacial score (nSPS) is 19.9. The van der Waals surface area contributed by atoms with Crippen LogP contribution < -0.4 is 14.2 Å². The van der Waals surface area contributed by atoms with Gasteiger partial charge in [0.2, 0.25) is 11.7 Å². The van der Waals surface area contributed by atoms with Crippen LogP contribution >= 0.6 is 0 Å². The van der Waals surface area contributed by atoms with Crippen molar-refractivity contribution in [1.29, 1.82) is 0 Å². The van der Waals surface area contributed by atoms with Crippen LogP contribution in [0.1, 0.15) is 97.5 Å². The van der Waals surface area contributed by atoms with Gasteiger partial charge in [0.25, 0.3) is 0 Å². The van der Waals surface area contributed by atoms with E-state index in [1.807, 2.05) is 26.0 Å². The summed E-state index contributed by atoms with van der Waals surface area (Å²) in [7, 11) is 1.14. The third-order valence-electron chi connectivity index (χ3n) is 11.0. The number of hydrogen-bond acceptors (Lipinski definition) is 8. The zero-order chi connectivity index (χ0) is 37.1. The largest absolute Gasteiger partial charge is 0.493 e. The molecule has 0 bridgehead atoms. The van der Waals surface area contributed by atoms with Crippen molar-refractivity contribution in [2.24, 2.45) is 11.8 Å². The van der Waals surface area contributed by atoms with Crippen molar-refractivity contribution in [3.05, 3.63) is 43.0 Å². The van der Waals surface area contributed by atoms with Crippen LogP contribution in [0.15, 0.2) is 37.4 Å². The lowest BCUT2D eigenvalue weighted by atomic mass is 9.75. The minimum absolute atomic E-state index is 0.00671. The molecule has 9 nitrogen and oxygen atoms in total. The van der Waals surface area contributed by atoms with E-state index in [0.717, 1.165) is 50.5 Å². The highest BCUT2D eigenvalue weighted by atomic mass is 28.4. The summed E-state index contributed by atoms with van der Waals surface area (Å²) in [6.07, 6.45) is 10.2. The molecule has 0 unspecified atom stereocenters. The lowest BCUT2D eigenvalue weighted by Crippen LogP contribution is -2.51. The van der Waals surface area contributed by atoms with Gasteiger partial charge in [0, 0.05) is 12.5 Å². The number of benzene rings is 1. The first-order valence-electron chi connectivity index (χ1n) is 18.6. The molecule has 1 aliphatic heterocycles. The molecule has 0 spiro atoms. The standard InChI is InChI=1S/C40H65NO8Si/c1-12-23-46-32(27-48-50(10,11)40(5,6)7)26-47-35-25-31(24-34(44-8)37(35)45-9)36(30-19-15-14-16-20-30)38(42)41-22-18-17-21-33(41)39(43)49-29(4)28(3)13-2/h12-13,24-25,28-30,32-33,36H,1-2,14-23,26-27H2,3-11H3/t28-,29-,32-,33+,36+/m1/s1. The number of hydrogen-bond donors (Lipinski definition) is 0. The number of piperidine rings is 1. The topological polar surface area (TPSA) is 92.8 Å². The van der Waals surface area contributed by atoms with Crippen molar-refractivity contribution < 1.29 is 37.7 Å². The molecule has 282 valence electrons. The first-order chi connectivity index (χ1) is 23.7. The predicted molar refractivity (Wildman–Crippen MR) is 202 cm³/mol. The zero-order valence-electron chi connectivity index (χ0n) is 32.4. The fourth-order valence-electron chi connectivity index (χ4n) is 6.55. The highest BCUT2D eigenvalue weighted by Crippen LogP contribution is 2.45. The number of amides is 1. The molecule has 3 rings (SSSR count). The van der Waals surface area contributed by atoms with Gasteiger partial charge in [0.15, 0.2) is 19.8 Å². The Morgan fingerprint density at radius 1 is 0.960 bits per heavy atom. The van der Waals surface area contributed by atoms with Crippen molar-refractivity contribution in [2.45, 2.75) is 128 Å². The average molecular weight is 716 g/mol. The molecule has 0 N–H and O–H groups in total. The second-order valence-electron chi connectivity index (χ2n) is 15.5. The third-order valence-corrected chi connectivity index (χ3v) is 15.5. The Balaban J connectivity index is 1.98. The first-order valence-corrected chi connectivity index (χ1v) is 21.5. The van der Waals surface area contributed by atoms with Gasteiger partial charge in [-0.25, -0.2) is 4.79 Å². The van der Waals surface area contributed by atoms with Gasteiger partial charge in [-0.1, -0.05) is 59.1 Å². The molecular weight excluding hydrogens is 651 g/mol. The number of carbonyl (C=O) groups excluding carboxylic acids is 2. The molecule has 1 saturated carbocycles. The maximum atomic E-state index is 14.8. The monoisotopic (exact) mass is 715 g/mol. The number of likely N-dealkylation sites (tertiary alicyclic amines) is 1. The molecule has 10 heteroatoms. The van der Waals surface area contributed by atoms with Crippen LogP contribution in [-0.2, 0) is 23.5 Å². The maximum Gasteiger partial charge on any atom is 0.329 e. The van der Waals surface area contributed by atoms with Crippen molar-refractivity contribution in [3.8, 4) is 17.2 Å². The summed E-state index contributed by atoms with van der Waals surface area (Å²) in [5, 5.41) is 0.0504. The second-order valence-corrected chi connectivity index (χ2v) is 20.3. The zero-order valence-corrected chi connectivity index (χ0v) is 33.4. The van der Waals surface area contributed by atoms with Gasteiger partial charge in [-0.2, -0.15) is 0 Å². The Morgan fingerprint density at radius 3 is 2.22 bits per heavy atom.